The van der Waals surface area contributed by atoms with Crippen LogP contribution < -0.4 is 4.74 Å². The number of benzene rings is 2. The Morgan fingerprint density at radius 3 is 2.37 bits per heavy atom. The molecule has 0 radical (unpaired) electrons. The van der Waals surface area contributed by atoms with E-state index >= 15 is 0 Å². The third kappa shape index (κ3) is 6.90. The molecule has 0 fully saturated rings. The van der Waals surface area contributed by atoms with E-state index in [1.165, 1.54) is 0 Å². The fourth-order valence-corrected chi connectivity index (χ4v) is 3.33. The van der Waals surface area contributed by atoms with Crippen LogP contribution >= 0.6 is 0 Å². The van der Waals surface area contributed by atoms with Crippen molar-refractivity contribution < 1.29 is 20.1 Å². The van der Waals surface area contributed by atoms with Crippen LogP contribution in [0.15, 0.2) is 71.8 Å². The molecule has 0 saturated carbocycles. The van der Waals surface area contributed by atoms with Gasteiger partial charge in [0, 0.05) is 0 Å². The number of para-hydroxylation sites is 1. The molecule has 0 aliphatic carbocycles. The normalized spacial score (nSPS) is 13.2. The van der Waals surface area contributed by atoms with Gasteiger partial charge < -0.3 is 20.1 Å². The molecule has 4 heteroatoms. The van der Waals surface area contributed by atoms with E-state index in [9.17, 15) is 15.3 Å². The lowest BCUT2D eigenvalue weighted by Crippen LogP contribution is -2.16. The number of rotatable bonds is 10. The van der Waals surface area contributed by atoms with Crippen molar-refractivity contribution in [1.82, 2.24) is 0 Å². The molecule has 2 aromatic rings. The Labute approximate surface area is 179 Å². The Hall–Kier alpha value is -2.82. The maximum atomic E-state index is 10.7. The van der Waals surface area contributed by atoms with E-state index in [2.05, 4.69) is 12.7 Å². The second-order valence-electron chi connectivity index (χ2n) is 7.60. The third-order valence-electron chi connectivity index (χ3n) is 4.97. The maximum absolute atomic E-state index is 10.7. The van der Waals surface area contributed by atoms with Crippen molar-refractivity contribution in [3.05, 3.63) is 88.5 Å². The Kier molecular flexibility index (Phi) is 8.90. The highest BCUT2D eigenvalue weighted by molar-refractivity contribution is 5.57. The molecule has 0 heterocycles. The highest BCUT2D eigenvalue weighted by Gasteiger charge is 2.15. The fraction of sp³-hybridized carbons (Fsp3) is 0.308. The molecule has 3 N–H and O–H groups in total. The number of aromatic hydroxyl groups is 1. The first-order valence-electron chi connectivity index (χ1n) is 10.1. The van der Waals surface area contributed by atoms with E-state index < -0.39 is 6.10 Å². The summed E-state index contributed by atoms with van der Waals surface area (Å²) in [6.07, 6.45) is 4.11. The minimum atomic E-state index is -0.740. The van der Waals surface area contributed by atoms with Gasteiger partial charge in [0.2, 0.25) is 0 Å². The van der Waals surface area contributed by atoms with Gasteiger partial charge in [0.1, 0.15) is 18.1 Å². The summed E-state index contributed by atoms with van der Waals surface area (Å²) in [6, 6.07) is 13.3. The highest BCUT2D eigenvalue weighted by atomic mass is 16.5. The molecule has 160 valence electrons. The molecule has 0 amide bonds. The van der Waals surface area contributed by atoms with Gasteiger partial charge in [-0.15, -0.1) is 0 Å². The number of aliphatic hydroxyl groups is 2. The number of phenols is 1. The second-order valence-corrected chi connectivity index (χ2v) is 7.60. The highest BCUT2D eigenvalue weighted by Crippen LogP contribution is 2.25. The SMILES string of the molecule is C=C(COc1ccccc1)/C(=C/CO)C(O)CC/C(C)=C/c1cc(C)c(O)c(C)c1. The summed E-state index contributed by atoms with van der Waals surface area (Å²) >= 11 is 0. The predicted octanol–water partition coefficient (Wildman–Crippen LogP) is 5.11. The third-order valence-corrected chi connectivity index (χ3v) is 4.97. The van der Waals surface area contributed by atoms with E-state index in [0.717, 1.165) is 28.0 Å². The van der Waals surface area contributed by atoms with E-state index in [0.29, 0.717) is 29.7 Å². The minimum Gasteiger partial charge on any atom is -0.507 e. The Morgan fingerprint density at radius 1 is 1.13 bits per heavy atom. The summed E-state index contributed by atoms with van der Waals surface area (Å²) in [4.78, 5) is 0. The number of phenolic OH excluding ortho intramolecular Hbond substituents is 1. The van der Waals surface area contributed by atoms with Gasteiger partial charge >= 0.3 is 0 Å². The number of hydrogen-bond donors (Lipinski definition) is 3. The van der Waals surface area contributed by atoms with Crippen LogP contribution in [0.3, 0.4) is 0 Å². The molecule has 30 heavy (non-hydrogen) atoms. The van der Waals surface area contributed by atoms with Gasteiger partial charge in [0.25, 0.3) is 0 Å². The van der Waals surface area contributed by atoms with Gasteiger partial charge in [-0.1, -0.05) is 42.5 Å². The lowest BCUT2D eigenvalue weighted by Gasteiger charge is -2.18. The summed E-state index contributed by atoms with van der Waals surface area (Å²) < 4.78 is 5.72. The largest absolute Gasteiger partial charge is 0.507 e. The Morgan fingerprint density at radius 2 is 1.77 bits per heavy atom. The predicted molar refractivity (Wildman–Crippen MR) is 123 cm³/mol. The quantitative estimate of drug-likeness (QED) is 0.478. The van der Waals surface area contributed by atoms with Crippen molar-refractivity contribution in [2.24, 2.45) is 0 Å². The fourth-order valence-electron chi connectivity index (χ4n) is 3.33. The van der Waals surface area contributed by atoms with E-state index in [1.54, 1.807) is 6.08 Å². The number of hydrogen-bond acceptors (Lipinski definition) is 4. The van der Waals surface area contributed by atoms with Crippen LogP contribution in [-0.4, -0.2) is 34.6 Å². The van der Waals surface area contributed by atoms with Crippen LogP contribution in [0.5, 0.6) is 11.5 Å². The lowest BCUT2D eigenvalue weighted by atomic mass is 9.95. The van der Waals surface area contributed by atoms with Crippen molar-refractivity contribution in [2.75, 3.05) is 13.2 Å². The summed E-state index contributed by atoms with van der Waals surface area (Å²) in [5.41, 5.74) is 5.09. The topological polar surface area (TPSA) is 69.9 Å². The van der Waals surface area contributed by atoms with Crippen molar-refractivity contribution in [3.63, 3.8) is 0 Å². The summed E-state index contributed by atoms with van der Waals surface area (Å²) in [5.74, 6) is 1.06. The van der Waals surface area contributed by atoms with Gasteiger partial charge in [0.15, 0.2) is 0 Å². The summed E-state index contributed by atoms with van der Waals surface area (Å²) in [5, 5.41) is 30.0. The molecule has 1 atom stereocenters. The van der Waals surface area contributed by atoms with E-state index in [-0.39, 0.29) is 13.2 Å². The first-order valence-corrected chi connectivity index (χ1v) is 10.1. The van der Waals surface area contributed by atoms with Crippen LogP contribution in [0.25, 0.3) is 6.08 Å². The van der Waals surface area contributed by atoms with Gasteiger partial charge in [-0.2, -0.15) is 0 Å². The second kappa shape index (κ2) is 11.4. The molecule has 0 saturated heterocycles. The average Bonchev–Trinajstić information content (AvgIpc) is 2.73. The molecule has 0 spiro atoms. The molecule has 2 rings (SSSR count). The first kappa shape index (κ1) is 23.5. The minimum absolute atomic E-state index is 0.169. The van der Waals surface area contributed by atoms with Crippen molar-refractivity contribution in [3.8, 4) is 11.5 Å². The van der Waals surface area contributed by atoms with Gasteiger partial charge in [-0.3, -0.25) is 0 Å². The Bertz CT molecular complexity index is 887. The number of aliphatic hydroxyl groups excluding tert-OH is 2. The van der Waals surface area contributed by atoms with Crippen molar-refractivity contribution in [1.29, 1.82) is 0 Å². The number of allylic oxidation sites excluding steroid dienone is 1. The first-order chi connectivity index (χ1) is 14.3. The number of aryl methyl sites for hydroxylation is 2. The average molecular weight is 409 g/mol. The van der Waals surface area contributed by atoms with Crippen LogP contribution in [-0.2, 0) is 0 Å². The van der Waals surface area contributed by atoms with Gasteiger partial charge in [0.05, 0.1) is 12.7 Å². The van der Waals surface area contributed by atoms with E-state index in [4.69, 9.17) is 4.74 Å². The summed E-state index contributed by atoms with van der Waals surface area (Å²) in [7, 11) is 0. The van der Waals surface area contributed by atoms with Crippen LogP contribution in [0, 0.1) is 13.8 Å². The molecule has 0 bridgehead atoms. The standard InChI is InChI=1S/C26H32O4/c1-18(14-22-15-19(2)26(29)20(3)16-22)10-11-25(28)24(12-13-27)21(4)17-30-23-8-6-5-7-9-23/h5-9,12,14-16,25,27-29H,4,10-11,13,17H2,1-3H3/b18-14+,24-12-. The molecular weight excluding hydrogens is 376 g/mol. The van der Waals surface area contributed by atoms with Crippen LogP contribution in [0.2, 0.25) is 0 Å². The van der Waals surface area contributed by atoms with E-state index in [1.807, 2.05) is 63.2 Å². The van der Waals surface area contributed by atoms with Gasteiger partial charge in [-0.25, -0.2) is 0 Å². The molecule has 0 aliphatic heterocycles. The number of ether oxygens (including phenoxy) is 1. The van der Waals surface area contributed by atoms with Crippen molar-refractivity contribution in [2.45, 2.75) is 39.7 Å². The zero-order chi connectivity index (χ0) is 22.1. The molecule has 2 aromatic carbocycles. The van der Waals surface area contributed by atoms with Gasteiger partial charge in [-0.05, 0) is 85.7 Å². The van der Waals surface area contributed by atoms with Crippen LogP contribution in [0.4, 0.5) is 0 Å². The molecule has 0 aliphatic rings. The smallest absolute Gasteiger partial charge is 0.121 e. The van der Waals surface area contributed by atoms with Crippen molar-refractivity contribution >= 4 is 6.08 Å². The zero-order valence-corrected chi connectivity index (χ0v) is 18.1. The monoisotopic (exact) mass is 408 g/mol. The zero-order valence-electron chi connectivity index (χ0n) is 18.1. The summed E-state index contributed by atoms with van der Waals surface area (Å²) in [6.45, 7) is 9.89. The molecular formula is C26H32O4. The lowest BCUT2D eigenvalue weighted by molar-refractivity contribution is 0.198. The molecule has 1 unspecified atom stereocenters. The van der Waals surface area contributed by atoms with Crippen LogP contribution in [0.1, 0.15) is 36.5 Å². The molecule has 0 aromatic heterocycles. The molecule has 4 nitrogen and oxygen atoms in total. The Balaban J connectivity index is 1.98. The maximum Gasteiger partial charge on any atom is 0.121 e.